The lowest BCUT2D eigenvalue weighted by atomic mass is 9.95. The molecule has 178 valence electrons. The van der Waals surface area contributed by atoms with Crippen LogP contribution in [0.3, 0.4) is 0 Å². The van der Waals surface area contributed by atoms with Gasteiger partial charge in [0, 0.05) is 22.6 Å². The van der Waals surface area contributed by atoms with Crippen molar-refractivity contribution in [1.29, 1.82) is 0 Å². The van der Waals surface area contributed by atoms with Gasteiger partial charge >= 0.3 is 5.97 Å². The van der Waals surface area contributed by atoms with Crippen LogP contribution in [-0.4, -0.2) is 48.7 Å². The minimum atomic E-state index is -0.726. The number of halogens is 2. The Kier molecular flexibility index (Phi) is 7.00. The Morgan fingerprint density at radius 2 is 1.97 bits per heavy atom. The molecule has 2 aromatic carbocycles. The summed E-state index contributed by atoms with van der Waals surface area (Å²) in [7, 11) is 0. The summed E-state index contributed by atoms with van der Waals surface area (Å²) >= 11 is 15.8. The van der Waals surface area contributed by atoms with Crippen molar-refractivity contribution in [2.45, 2.75) is 17.3 Å². The molecule has 0 saturated carbocycles. The number of rotatable bonds is 7. The summed E-state index contributed by atoms with van der Waals surface area (Å²) in [6.07, 6.45) is 0. The smallest absolute Gasteiger partial charge is 0.338 e. The van der Waals surface area contributed by atoms with Crippen molar-refractivity contribution in [2.24, 2.45) is 0 Å². The van der Waals surface area contributed by atoms with Gasteiger partial charge in [0.15, 0.2) is 4.34 Å². The second-order valence-corrected chi connectivity index (χ2v) is 10.2. The summed E-state index contributed by atoms with van der Waals surface area (Å²) in [4.78, 5) is 13.2. The molecule has 1 atom stereocenters. The first kappa shape index (κ1) is 23.7. The fourth-order valence-corrected chi connectivity index (χ4v) is 5.85. The molecule has 0 saturated heterocycles. The van der Waals surface area contributed by atoms with E-state index in [0.29, 0.717) is 38.6 Å². The maximum absolute atomic E-state index is 13.2. The van der Waals surface area contributed by atoms with E-state index in [9.17, 15) is 4.79 Å². The number of benzene rings is 2. The molecule has 35 heavy (non-hydrogen) atoms. The van der Waals surface area contributed by atoms with Crippen molar-refractivity contribution >= 4 is 58.2 Å². The first-order valence-corrected chi connectivity index (χ1v) is 13.0. The molecule has 0 aliphatic carbocycles. The standard InChI is InChI=1S/C22H17Cl2N7O2S2/c1-2-33-20(32)16-15(11-34-22-28-26-19(35-22)12-7-4-3-5-8-12)25-21-27-29-30-31(21)18(16)13-9-6-10-14(23)17(13)24/h3-10,18H,2,11H2,1H3,(H,25,27,30). The van der Waals surface area contributed by atoms with E-state index in [1.807, 2.05) is 30.3 Å². The predicted octanol–water partition coefficient (Wildman–Crippen LogP) is 5.12. The van der Waals surface area contributed by atoms with Gasteiger partial charge < -0.3 is 10.1 Å². The van der Waals surface area contributed by atoms with E-state index in [1.165, 1.54) is 27.8 Å². The third-order valence-corrected chi connectivity index (χ3v) is 8.10. The largest absolute Gasteiger partial charge is 0.463 e. The van der Waals surface area contributed by atoms with Crippen LogP contribution in [0.15, 0.2) is 64.1 Å². The van der Waals surface area contributed by atoms with E-state index in [4.69, 9.17) is 27.9 Å². The number of nitrogens with zero attached hydrogens (tertiary/aromatic N) is 6. The first-order chi connectivity index (χ1) is 17.1. The van der Waals surface area contributed by atoms with Gasteiger partial charge in [0.2, 0.25) is 5.95 Å². The Morgan fingerprint density at radius 1 is 1.14 bits per heavy atom. The average molecular weight is 546 g/mol. The molecule has 0 amide bonds. The predicted molar refractivity (Wildman–Crippen MR) is 136 cm³/mol. The molecule has 9 nitrogen and oxygen atoms in total. The average Bonchev–Trinajstić information content (AvgIpc) is 3.54. The second-order valence-electron chi connectivity index (χ2n) is 7.26. The van der Waals surface area contributed by atoms with Gasteiger partial charge in [-0.25, -0.2) is 4.79 Å². The Bertz CT molecular complexity index is 1410. The number of anilines is 1. The zero-order valence-corrected chi connectivity index (χ0v) is 21.3. The van der Waals surface area contributed by atoms with Crippen LogP contribution in [0.4, 0.5) is 5.95 Å². The van der Waals surface area contributed by atoms with Gasteiger partial charge in [0.05, 0.1) is 22.2 Å². The van der Waals surface area contributed by atoms with E-state index in [0.717, 1.165) is 14.9 Å². The van der Waals surface area contributed by atoms with Gasteiger partial charge in [-0.3, -0.25) is 0 Å². The van der Waals surface area contributed by atoms with E-state index in [-0.39, 0.29) is 6.61 Å². The summed E-state index contributed by atoms with van der Waals surface area (Å²) < 4.78 is 7.66. The zero-order valence-electron chi connectivity index (χ0n) is 18.2. The third kappa shape index (κ3) is 4.76. The van der Waals surface area contributed by atoms with Crippen molar-refractivity contribution in [3.8, 4) is 10.6 Å². The van der Waals surface area contributed by atoms with Crippen molar-refractivity contribution in [3.63, 3.8) is 0 Å². The number of hydrogen-bond acceptors (Lipinski definition) is 10. The maximum Gasteiger partial charge on any atom is 0.338 e. The van der Waals surface area contributed by atoms with Crippen molar-refractivity contribution in [2.75, 3.05) is 17.7 Å². The molecular formula is C22H17Cl2N7O2S2. The van der Waals surface area contributed by atoms with Crippen LogP contribution in [0.2, 0.25) is 10.0 Å². The molecular weight excluding hydrogens is 529 g/mol. The van der Waals surface area contributed by atoms with Crippen LogP contribution >= 0.6 is 46.3 Å². The number of nitrogens with one attached hydrogen (secondary N) is 1. The highest BCUT2D eigenvalue weighted by Crippen LogP contribution is 2.41. The second kappa shape index (κ2) is 10.3. The number of tetrazole rings is 1. The number of fused-ring (bicyclic) bond motifs is 1. The lowest BCUT2D eigenvalue weighted by Gasteiger charge is -2.29. The molecule has 1 aliphatic rings. The minimum Gasteiger partial charge on any atom is -0.463 e. The molecule has 13 heteroatoms. The van der Waals surface area contributed by atoms with Crippen LogP contribution in [-0.2, 0) is 9.53 Å². The minimum absolute atomic E-state index is 0.206. The van der Waals surface area contributed by atoms with Crippen molar-refractivity contribution < 1.29 is 9.53 Å². The zero-order chi connectivity index (χ0) is 24.4. The summed E-state index contributed by atoms with van der Waals surface area (Å²) in [5.41, 5.74) is 2.51. The molecule has 0 fully saturated rings. The van der Waals surface area contributed by atoms with E-state index < -0.39 is 12.0 Å². The Morgan fingerprint density at radius 3 is 2.77 bits per heavy atom. The molecule has 0 spiro atoms. The first-order valence-electron chi connectivity index (χ1n) is 10.5. The quantitative estimate of drug-likeness (QED) is 0.250. The Balaban J connectivity index is 1.52. The molecule has 2 aromatic heterocycles. The highest BCUT2D eigenvalue weighted by atomic mass is 35.5. The highest BCUT2D eigenvalue weighted by molar-refractivity contribution is 8.01. The van der Waals surface area contributed by atoms with Gasteiger partial charge in [-0.2, -0.15) is 4.68 Å². The van der Waals surface area contributed by atoms with Crippen molar-refractivity contribution in [1.82, 2.24) is 30.4 Å². The Labute approximate surface area is 218 Å². The number of hydrogen-bond donors (Lipinski definition) is 1. The SMILES string of the molecule is CCOC(=O)C1=C(CSc2nnc(-c3ccccc3)s2)Nc2nnnn2C1c1cccc(Cl)c1Cl. The van der Waals surface area contributed by atoms with Gasteiger partial charge in [-0.1, -0.05) is 93.9 Å². The molecule has 1 aliphatic heterocycles. The number of ether oxygens (including phenoxy) is 1. The molecule has 4 aromatic rings. The van der Waals surface area contributed by atoms with Crippen molar-refractivity contribution in [3.05, 3.63) is 75.4 Å². The van der Waals surface area contributed by atoms with Gasteiger partial charge in [0.1, 0.15) is 11.0 Å². The van der Waals surface area contributed by atoms with Gasteiger partial charge in [-0.15, -0.1) is 10.2 Å². The summed E-state index contributed by atoms with van der Waals surface area (Å²) in [6.45, 7) is 1.96. The van der Waals surface area contributed by atoms with E-state index in [1.54, 1.807) is 25.1 Å². The third-order valence-electron chi connectivity index (χ3n) is 5.14. The number of thioether (sulfide) groups is 1. The topological polar surface area (TPSA) is 108 Å². The molecule has 3 heterocycles. The number of carbonyl (C=O) groups excluding carboxylic acids is 1. The van der Waals surface area contributed by atoms with Gasteiger partial charge in [0.25, 0.3) is 0 Å². The van der Waals surface area contributed by atoms with Gasteiger partial charge in [-0.05, 0) is 23.4 Å². The molecule has 0 bridgehead atoms. The lowest BCUT2D eigenvalue weighted by molar-refractivity contribution is -0.139. The highest BCUT2D eigenvalue weighted by Gasteiger charge is 2.37. The molecule has 5 rings (SSSR count). The fourth-order valence-electron chi connectivity index (χ4n) is 3.62. The molecule has 1 N–H and O–H groups in total. The lowest BCUT2D eigenvalue weighted by Crippen LogP contribution is -2.31. The maximum atomic E-state index is 13.2. The van der Waals surface area contributed by atoms with Crippen LogP contribution in [0.1, 0.15) is 18.5 Å². The van der Waals surface area contributed by atoms with E-state index in [2.05, 4.69) is 31.0 Å². The number of aromatic nitrogens is 6. The van der Waals surface area contributed by atoms with E-state index >= 15 is 0 Å². The normalized spacial score (nSPS) is 15.0. The summed E-state index contributed by atoms with van der Waals surface area (Å²) in [5.74, 6) is 0.246. The number of esters is 1. The Hall–Kier alpha value is -2.99. The molecule has 0 radical (unpaired) electrons. The number of carbonyl (C=O) groups is 1. The summed E-state index contributed by atoms with van der Waals surface area (Å²) in [5, 5.41) is 25.2. The van der Waals surface area contributed by atoms with Crippen LogP contribution < -0.4 is 5.32 Å². The fraction of sp³-hybridized carbons (Fsp3) is 0.182. The van der Waals surface area contributed by atoms with Crippen LogP contribution in [0.5, 0.6) is 0 Å². The molecule has 1 unspecified atom stereocenters. The summed E-state index contributed by atoms with van der Waals surface area (Å²) in [6, 6.07) is 14.3. The van der Waals surface area contributed by atoms with Crippen LogP contribution in [0.25, 0.3) is 10.6 Å². The monoisotopic (exact) mass is 545 g/mol. The van der Waals surface area contributed by atoms with Crippen LogP contribution in [0, 0.1) is 0 Å².